The molecule has 13 heteroatoms. The largest absolute Gasteiger partial charge is 0.416 e. The van der Waals surface area contributed by atoms with E-state index in [4.69, 9.17) is 23.2 Å². The van der Waals surface area contributed by atoms with Crippen molar-refractivity contribution in [2.24, 2.45) is 0 Å². The minimum absolute atomic E-state index is 0.0581. The molecule has 0 saturated carbocycles. The van der Waals surface area contributed by atoms with Crippen LogP contribution in [0.15, 0.2) is 108 Å². The first kappa shape index (κ1) is 33.8. The monoisotopic (exact) mass is 677 g/mol. The van der Waals surface area contributed by atoms with E-state index in [1.807, 2.05) is 0 Å². The van der Waals surface area contributed by atoms with Gasteiger partial charge >= 0.3 is 6.18 Å². The number of benzene rings is 4. The number of alkyl halides is 3. The molecule has 0 bridgehead atoms. The van der Waals surface area contributed by atoms with Gasteiger partial charge in [-0.05, 0) is 53.6 Å². The zero-order valence-electron chi connectivity index (χ0n) is 23.8. The van der Waals surface area contributed by atoms with Crippen LogP contribution in [0.1, 0.15) is 16.7 Å². The molecule has 0 saturated heterocycles. The number of hydrogen-bond acceptors (Lipinski definition) is 4. The molecule has 0 heterocycles. The Hall–Kier alpha value is -4.06. The SMILES string of the molecule is CNC(=O)[C@@H](Cc1ccccc1)N(Cc1cccc(Cl)c1)C(=O)CN(c1cc(C(F)(F)F)ccc1Cl)S(=O)(=O)c1ccccc1. The standard InChI is InChI=1S/C32H28Cl2F3N3O4S/c1-38-31(42)29(18-22-9-4-2-5-10-22)39(20-23-11-8-12-25(33)17-23)30(41)21-40(45(43,44)26-13-6-3-7-14-26)28-19-24(32(35,36)37)15-16-27(28)34/h2-17,19,29H,18,20-21H2,1H3,(H,38,42)/t29-/m1/s1. The second-order valence-electron chi connectivity index (χ2n) is 9.96. The van der Waals surface area contributed by atoms with Gasteiger partial charge in [0.25, 0.3) is 10.0 Å². The van der Waals surface area contributed by atoms with Gasteiger partial charge in [0, 0.05) is 25.0 Å². The number of carbonyl (C=O) groups is 2. The Morgan fingerprint density at radius 2 is 1.47 bits per heavy atom. The van der Waals surface area contributed by atoms with E-state index in [-0.39, 0.29) is 22.9 Å². The van der Waals surface area contributed by atoms with E-state index in [0.717, 1.165) is 6.07 Å². The van der Waals surface area contributed by atoms with Gasteiger partial charge in [0.05, 0.1) is 21.2 Å². The van der Waals surface area contributed by atoms with E-state index in [1.165, 1.54) is 36.2 Å². The minimum Gasteiger partial charge on any atom is -0.357 e. The summed E-state index contributed by atoms with van der Waals surface area (Å²) >= 11 is 12.5. The van der Waals surface area contributed by atoms with Crippen LogP contribution in [0.4, 0.5) is 18.9 Å². The van der Waals surface area contributed by atoms with Gasteiger partial charge < -0.3 is 10.2 Å². The Bertz CT molecular complexity index is 1760. The molecule has 0 aliphatic rings. The average molecular weight is 679 g/mol. The van der Waals surface area contributed by atoms with Crippen molar-refractivity contribution >= 4 is 50.7 Å². The molecule has 1 atom stereocenters. The van der Waals surface area contributed by atoms with Crippen molar-refractivity contribution in [3.05, 3.63) is 130 Å². The zero-order chi connectivity index (χ0) is 32.8. The van der Waals surface area contributed by atoms with Crippen molar-refractivity contribution in [1.29, 1.82) is 0 Å². The van der Waals surface area contributed by atoms with Gasteiger partial charge in [-0.3, -0.25) is 13.9 Å². The molecule has 4 aromatic carbocycles. The first-order chi connectivity index (χ1) is 21.3. The van der Waals surface area contributed by atoms with Crippen molar-refractivity contribution < 1.29 is 31.2 Å². The average Bonchev–Trinajstić information content (AvgIpc) is 3.01. The Morgan fingerprint density at radius 3 is 2.07 bits per heavy atom. The molecule has 236 valence electrons. The Morgan fingerprint density at radius 1 is 0.844 bits per heavy atom. The molecule has 4 aromatic rings. The van der Waals surface area contributed by atoms with Gasteiger partial charge in [0.1, 0.15) is 12.6 Å². The van der Waals surface area contributed by atoms with Crippen LogP contribution in [0.3, 0.4) is 0 Å². The van der Waals surface area contributed by atoms with Gasteiger partial charge in [-0.2, -0.15) is 13.2 Å². The zero-order valence-corrected chi connectivity index (χ0v) is 26.2. The third kappa shape index (κ3) is 8.36. The highest BCUT2D eigenvalue weighted by molar-refractivity contribution is 7.92. The molecule has 45 heavy (non-hydrogen) atoms. The number of nitrogens with one attached hydrogen (secondary N) is 1. The maximum atomic E-state index is 14.3. The van der Waals surface area contributed by atoms with Crippen LogP contribution in [-0.2, 0) is 38.8 Å². The van der Waals surface area contributed by atoms with E-state index >= 15 is 0 Å². The second kappa shape index (κ2) is 14.4. The maximum Gasteiger partial charge on any atom is 0.416 e. The van der Waals surface area contributed by atoms with Gasteiger partial charge in [-0.25, -0.2) is 8.42 Å². The highest BCUT2D eigenvalue weighted by Crippen LogP contribution is 2.37. The molecule has 0 fully saturated rings. The fourth-order valence-corrected chi connectivity index (χ4v) is 6.59. The third-order valence-electron chi connectivity index (χ3n) is 6.91. The third-order valence-corrected chi connectivity index (χ3v) is 9.24. The highest BCUT2D eigenvalue weighted by atomic mass is 35.5. The molecule has 0 radical (unpaired) electrons. The van der Waals surface area contributed by atoms with Crippen LogP contribution in [0.25, 0.3) is 0 Å². The number of rotatable bonds is 11. The summed E-state index contributed by atoms with van der Waals surface area (Å²) in [6.07, 6.45) is -4.77. The van der Waals surface area contributed by atoms with Gasteiger partial charge in [0.2, 0.25) is 11.8 Å². The van der Waals surface area contributed by atoms with E-state index in [9.17, 15) is 31.2 Å². The molecule has 0 unspecified atom stereocenters. The lowest BCUT2D eigenvalue weighted by atomic mass is 10.0. The first-order valence-corrected chi connectivity index (χ1v) is 15.7. The predicted octanol–water partition coefficient (Wildman–Crippen LogP) is 6.59. The van der Waals surface area contributed by atoms with E-state index in [1.54, 1.807) is 60.7 Å². The Kier molecular flexibility index (Phi) is 10.8. The normalized spacial score (nSPS) is 12.3. The fraction of sp³-hybridized carbons (Fsp3) is 0.188. The number of likely N-dealkylation sites (N-methyl/N-ethyl adjacent to an activating group) is 1. The molecule has 2 amide bonds. The molecule has 7 nitrogen and oxygen atoms in total. The topological polar surface area (TPSA) is 86.8 Å². The number of anilines is 1. The lowest BCUT2D eigenvalue weighted by Gasteiger charge is -2.34. The van der Waals surface area contributed by atoms with Crippen LogP contribution >= 0.6 is 23.2 Å². The van der Waals surface area contributed by atoms with Crippen molar-refractivity contribution in [3.8, 4) is 0 Å². The molecule has 0 spiro atoms. The van der Waals surface area contributed by atoms with Crippen molar-refractivity contribution in [2.45, 2.75) is 30.1 Å². The summed E-state index contributed by atoms with van der Waals surface area (Å²) in [5.74, 6) is -1.41. The number of carbonyl (C=O) groups excluding carboxylic acids is 2. The predicted molar refractivity (Wildman–Crippen MR) is 167 cm³/mol. The smallest absolute Gasteiger partial charge is 0.357 e. The molecule has 1 N–H and O–H groups in total. The summed E-state index contributed by atoms with van der Waals surface area (Å²) in [4.78, 5) is 28.5. The van der Waals surface area contributed by atoms with E-state index in [2.05, 4.69) is 5.32 Å². The fourth-order valence-electron chi connectivity index (χ4n) is 4.67. The molecule has 0 aromatic heterocycles. The van der Waals surface area contributed by atoms with Crippen LogP contribution in [-0.4, -0.2) is 44.8 Å². The molecule has 4 rings (SSSR count). The van der Waals surface area contributed by atoms with Crippen LogP contribution < -0.4 is 9.62 Å². The summed E-state index contributed by atoms with van der Waals surface area (Å²) in [7, 11) is -3.25. The summed E-state index contributed by atoms with van der Waals surface area (Å²) in [5, 5.41) is 2.59. The van der Waals surface area contributed by atoms with Crippen LogP contribution in [0, 0.1) is 0 Å². The number of sulfonamides is 1. The van der Waals surface area contributed by atoms with Gasteiger partial charge in [-0.1, -0.05) is 83.9 Å². The number of nitrogens with zero attached hydrogens (tertiary/aromatic N) is 2. The lowest BCUT2D eigenvalue weighted by Crippen LogP contribution is -2.53. The Balaban J connectivity index is 1.85. The molecule has 0 aliphatic carbocycles. The van der Waals surface area contributed by atoms with E-state index < -0.39 is 51.9 Å². The molecular weight excluding hydrogens is 650 g/mol. The minimum atomic E-state index is -4.83. The summed E-state index contributed by atoms with van der Waals surface area (Å²) in [5.41, 5.74) is -0.464. The van der Waals surface area contributed by atoms with Crippen LogP contribution in [0.2, 0.25) is 10.0 Å². The number of hydrogen-bond donors (Lipinski definition) is 1. The number of amides is 2. The summed E-state index contributed by atoms with van der Waals surface area (Å²) in [6, 6.07) is 23.4. The van der Waals surface area contributed by atoms with Crippen molar-refractivity contribution in [1.82, 2.24) is 10.2 Å². The van der Waals surface area contributed by atoms with Crippen molar-refractivity contribution in [2.75, 3.05) is 17.9 Å². The second-order valence-corrected chi connectivity index (χ2v) is 12.7. The van der Waals surface area contributed by atoms with Gasteiger partial charge in [-0.15, -0.1) is 0 Å². The highest BCUT2D eigenvalue weighted by Gasteiger charge is 2.37. The maximum absolute atomic E-state index is 14.3. The molecular formula is C32H28Cl2F3N3O4S. The summed E-state index contributed by atoms with van der Waals surface area (Å²) in [6.45, 7) is -1.14. The van der Waals surface area contributed by atoms with Crippen molar-refractivity contribution in [3.63, 3.8) is 0 Å². The quantitative estimate of drug-likeness (QED) is 0.194. The van der Waals surface area contributed by atoms with E-state index in [0.29, 0.717) is 32.6 Å². The number of halogens is 5. The van der Waals surface area contributed by atoms with Crippen LogP contribution in [0.5, 0.6) is 0 Å². The Labute approximate surface area is 269 Å². The van der Waals surface area contributed by atoms with Gasteiger partial charge in [0.15, 0.2) is 0 Å². The molecule has 0 aliphatic heterocycles. The lowest BCUT2D eigenvalue weighted by molar-refractivity contribution is -0.139. The summed E-state index contributed by atoms with van der Waals surface area (Å²) < 4.78 is 69.7. The first-order valence-electron chi connectivity index (χ1n) is 13.5.